The maximum absolute atomic E-state index is 12.8. The van der Waals surface area contributed by atoms with Crippen LogP contribution < -0.4 is 11.1 Å². The largest absolute Gasteiger partial charge is 0.351 e. The van der Waals surface area contributed by atoms with E-state index in [2.05, 4.69) is 26.1 Å². The van der Waals surface area contributed by atoms with Crippen LogP contribution in [0.5, 0.6) is 0 Å². The summed E-state index contributed by atoms with van der Waals surface area (Å²) in [4.78, 5) is 26.8. The van der Waals surface area contributed by atoms with E-state index in [1.165, 1.54) is 5.56 Å². The van der Waals surface area contributed by atoms with E-state index in [4.69, 9.17) is 5.73 Å². The first kappa shape index (κ1) is 18.8. The van der Waals surface area contributed by atoms with E-state index in [0.29, 0.717) is 23.7 Å². The Morgan fingerprint density at radius 1 is 1.33 bits per heavy atom. The average molecular weight is 350 g/mol. The van der Waals surface area contributed by atoms with Crippen LogP contribution in [0.4, 0.5) is 0 Å². The van der Waals surface area contributed by atoms with Crippen molar-refractivity contribution < 1.29 is 9.59 Å². The summed E-state index contributed by atoms with van der Waals surface area (Å²) in [5.41, 5.74) is 7.40. The van der Waals surface area contributed by atoms with Gasteiger partial charge in [0.15, 0.2) is 0 Å². The molecule has 1 aliphatic heterocycles. The summed E-state index contributed by atoms with van der Waals surface area (Å²) in [5.74, 6) is 0.933. The molecule has 1 aromatic rings. The highest BCUT2D eigenvalue weighted by Gasteiger charge is 2.35. The van der Waals surface area contributed by atoms with Gasteiger partial charge in [0.25, 0.3) is 5.91 Å². The Balaban J connectivity index is 2.11. The van der Waals surface area contributed by atoms with Crippen LogP contribution in [0, 0.1) is 0 Å². The zero-order valence-electron chi connectivity index (χ0n) is 14.8. The van der Waals surface area contributed by atoms with Gasteiger partial charge in [0.1, 0.15) is 6.04 Å². The van der Waals surface area contributed by atoms with Crippen LogP contribution in [-0.2, 0) is 10.2 Å². The second kappa shape index (κ2) is 7.57. The molecule has 1 unspecified atom stereocenters. The summed E-state index contributed by atoms with van der Waals surface area (Å²) in [6, 6.07) is 7.15. The van der Waals surface area contributed by atoms with E-state index >= 15 is 0 Å². The first-order chi connectivity index (χ1) is 11.2. The van der Waals surface area contributed by atoms with Crippen molar-refractivity contribution in [3.05, 3.63) is 35.4 Å². The molecule has 24 heavy (non-hydrogen) atoms. The molecule has 1 saturated heterocycles. The summed E-state index contributed by atoms with van der Waals surface area (Å²) in [6.07, 6.45) is 0. The summed E-state index contributed by atoms with van der Waals surface area (Å²) in [7, 11) is 0. The Morgan fingerprint density at radius 3 is 2.50 bits per heavy atom. The Labute approximate surface area is 148 Å². The number of rotatable bonds is 4. The fourth-order valence-corrected chi connectivity index (χ4v) is 3.69. The van der Waals surface area contributed by atoms with Gasteiger partial charge in [-0.15, -0.1) is 11.8 Å². The average Bonchev–Trinajstić information content (AvgIpc) is 3.03. The molecule has 2 atom stereocenters. The van der Waals surface area contributed by atoms with Gasteiger partial charge >= 0.3 is 0 Å². The number of thioether (sulfide) groups is 1. The Bertz CT molecular complexity index is 595. The maximum atomic E-state index is 12.8. The number of carbonyl (C=O) groups excluding carboxylic acids is 2. The topological polar surface area (TPSA) is 75.4 Å². The Hall–Kier alpha value is -1.53. The van der Waals surface area contributed by atoms with Gasteiger partial charge in [0.2, 0.25) is 5.91 Å². The molecule has 1 aliphatic rings. The predicted octanol–water partition coefficient (Wildman–Crippen LogP) is 1.96. The van der Waals surface area contributed by atoms with Crippen molar-refractivity contribution >= 4 is 23.6 Å². The fourth-order valence-electron chi connectivity index (χ4n) is 2.54. The molecule has 0 saturated carbocycles. The first-order valence-corrected chi connectivity index (χ1v) is 9.39. The number of amides is 2. The van der Waals surface area contributed by atoms with Crippen molar-refractivity contribution in [3.8, 4) is 0 Å². The number of hydrogen-bond donors (Lipinski definition) is 2. The Kier molecular flexibility index (Phi) is 5.93. The first-order valence-electron chi connectivity index (χ1n) is 8.23. The molecule has 0 aliphatic carbocycles. The molecule has 5 nitrogen and oxygen atoms in total. The molecular weight excluding hydrogens is 322 g/mol. The van der Waals surface area contributed by atoms with E-state index in [1.54, 1.807) is 16.7 Å². The van der Waals surface area contributed by atoms with Crippen molar-refractivity contribution in [1.82, 2.24) is 10.2 Å². The molecule has 0 radical (unpaired) electrons. The second-order valence-electron chi connectivity index (χ2n) is 7.26. The highest BCUT2D eigenvalue weighted by Crippen LogP contribution is 2.26. The van der Waals surface area contributed by atoms with Crippen LogP contribution in [0.1, 0.15) is 43.6 Å². The molecule has 2 amide bonds. The number of nitrogens with zero attached hydrogens (tertiary/aromatic N) is 1. The van der Waals surface area contributed by atoms with Gasteiger partial charge in [-0.2, -0.15) is 0 Å². The molecule has 0 aromatic heterocycles. The van der Waals surface area contributed by atoms with E-state index in [9.17, 15) is 9.59 Å². The summed E-state index contributed by atoms with van der Waals surface area (Å²) in [5, 5.41) is 2.87. The molecule has 0 spiro atoms. The molecule has 1 heterocycles. The minimum absolute atomic E-state index is 0.0475. The van der Waals surface area contributed by atoms with Crippen molar-refractivity contribution in [2.24, 2.45) is 5.73 Å². The third kappa shape index (κ3) is 4.30. The van der Waals surface area contributed by atoms with Crippen molar-refractivity contribution in [1.29, 1.82) is 0 Å². The van der Waals surface area contributed by atoms with Crippen molar-refractivity contribution in [3.63, 3.8) is 0 Å². The quantitative estimate of drug-likeness (QED) is 0.871. The maximum Gasteiger partial charge on any atom is 0.255 e. The lowest BCUT2D eigenvalue weighted by Gasteiger charge is -2.25. The lowest BCUT2D eigenvalue weighted by Crippen LogP contribution is -2.50. The van der Waals surface area contributed by atoms with E-state index in [-0.39, 0.29) is 23.3 Å². The van der Waals surface area contributed by atoms with Crippen molar-refractivity contribution in [2.45, 2.75) is 45.2 Å². The summed E-state index contributed by atoms with van der Waals surface area (Å²) < 4.78 is 0. The lowest BCUT2D eigenvalue weighted by molar-refractivity contribution is -0.125. The molecular formula is C18H27N3O2S. The van der Waals surface area contributed by atoms with Gasteiger partial charge < -0.3 is 16.0 Å². The number of benzene rings is 1. The van der Waals surface area contributed by atoms with Gasteiger partial charge in [-0.25, -0.2) is 0 Å². The minimum atomic E-state index is -0.432. The van der Waals surface area contributed by atoms with Gasteiger partial charge in [0.05, 0.1) is 5.88 Å². The number of hydrogen-bond acceptors (Lipinski definition) is 4. The standard InChI is InChI=1S/C18H27N3O2S/c1-12(9-19)20-16(22)15-10-24-11-21(15)17(23)13-5-7-14(8-6-13)18(2,3)4/h5-8,12,15H,9-11,19H2,1-4H3,(H,20,22)/t12-,15?/m0/s1. The van der Waals surface area contributed by atoms with Crippen LogP contribution in [0.15, 0.2) is 24.3 Å². The molecule has 2 rings (SSSR count). The summed E-state index contributed by atoms with van der Waals surface area (Å²) >= 11 is 1.60. The normalized spacial score (nSPS) is 19.2. The molecule has 0 bridgehead atoms. The highest BCUT2D eigenvalue weighted by molar-refractivity contribution is 7.99. The van der Waals surface area contributed by atoms with E-state index in [0.717, 1.165) is 0 Å². The molecule has 1 aromatic carbocycles. The van der Waals surface area contributed by atoms with Crippen LogP contribution in [0.2, 0.25) is 0 Å². The SMILES string of the molecule is C[C@@H](CN)NC(=O)C1CSCN1C(=O)c1ccc(C(C)(C)C)cc1. The van der Waals surface area contributed by atoms with E-state index < -0.39 is 6.04 Å². The molecule has 132 valence electrons. The highest BCUT2D eigenvalue weighted by atomic mass is 32.2. The number of carbonyl (C=O) groups is 2. The van der Waals surface area contributed by atoms with Gasteiger partial charge in [-0.05, 0) is 30.0 Å². The van der Waals surface area contributed by atoms with E-state index in [1.807, 2.05) is 31.2 Å². The lowest BCUT2D eigenvalue weighted by atomic mass is 9.86. The number of nitrogens with two attached hydrogens (primary N) is 1. The van der Waals surface area contributed by atoms with Gasteiger partial charge in [0, 0.05) is 23.9 Å². The molecule has 6 heteroatoms. The minimum Gasteiger partial charge on any atom is -0.351 e. The third-order valence-corrected chi connectivity index (χ3v) is 5.20. The Morgan fingerprint density at radius 2 is 1.96 bits per heavy atom. The van der Waals surface area contributed by atoms with Gasteiger partial charge in [-0.1, -0.05) is 32.9 Å². The monoisotopic (exact) mass is 349 g/mol. The van der Waals surface area contributed by atoms with Crippen molar-refractivity contribution in [2.75, 3.05) is 18.2 Å². The van der Waals surface area contributed by atoms with Crippen LogP contribution in [-0.4, -0.2) is 47.0 Å². The van der Waals surface area contributed by atoms with Crippen LogP contribution >= 0.6 is 11.8 Å². The molecule has 1 fully saturated rings. The predicted molar refractivity (Wildman–Crippen MR) is 99.1 cm³/mol. The zero-order chi connectivity index (χ0) is 17.9. The number of nitrogens with one attached hydrogen (secondary N) is 1. The third-order valence-electron chi connectivity index (χ3n) is 4.19. The smallest absolute Gasteiger partial charge is 0.255 e. The molecule has 3 N–H and O–H groups in total. The van der Waals surface area contributed by atoms with Crippen LogP contribution in [0.3, 0.4) is 0 Å². The second-order valence-corrected chi connectivity index (χ2v) is 8.26. The fraction of sp³-hybridized carbons (Fsp3) is 0.556. The summed E-state index contributed by atoms with van der Waals surface area (Å²) in [6.45, 7) is 8.66. The van der Waals surface area contributed by atoms with Crippen LogP contribution in [0.25, 0.3) is 0 Å². The zero-order valence-corrected chi connectivity index (χ0v) is 15.7. The van der Waals surface area contributed by atoms with Gasteiger partial charge in [-0.3, -0.25) is 9.59 Å².